The molecule has 0 N–H and O–H groups in total. The van der Waals surface area contributed by atoms with E-state index in [4.69, 9.17) is 9.47 Å². The molecule has 1 atom stereocenters. The van der Waals surface area contributed by atoms with Crippen molar-refractivity contribution in [2.24, 2.45) is 0 Å². The highest BCUT2D eigenvalue weighted by Crippen LogP contribution is 2.20. The van der Waals surface area contributed by atoms with Gasteiger partial charge in [0, 0.05) is 12.8 Å². The van der Waals surface area contributed by atoms with Crippen molar-refractivity contribution in [3.05, 3.63) is 0 Å². The van der Waals surface area contributed by atoms with Crippen LogP contribution in [0.4, 0.5) is 0 Å². The minimum Gasteiger partial charge on any atom is -0.462 e. The van der Waals surface area contributed by atoms with E-state index >= 15 is 0 Å². The molecule has 0 bridgehead atoms. The van der Waals surface area contributed by atoms with Crippen molar-refractivity contribution in [1.82, 2.24) is 4.90 Å². The number of hydrogen-bond donors (Lipinski definition) is 0. The zero-order chi connectivity index (χ0) is 33.2. The molecule has 0 rings (SSSR count). The van der Waals surface area contributed by atoms with Gasteiger partial charge in [-0.15, -0.1) is 0 Å². The number of nitrogens with zero attached hydrogens (tertiary/aromatic N) is 1. The fourth-order valence-electron chi connectivity index (χ4n) is 6.18. The summed E-state index contributed by atoms with van der Waals surface area (Å²) in [5, 5.41) is 0. The van der Waals surface area contributed by atoms with E-state index in [9.17, 15) is 9.59 Å². The summed E-state index contributed by atoms with van der Waals surface area (Å²) in [6, 6.07) is 0. The second-order valence-corrected chi connectivity index (χ2v) is 14.1. The van der Waals surface area contributed by atoms with E-state index in [-0.39, 0.29) is 24.1 Å². The largest absolute Gasteiger partial charge is 0.462 e. The molecule has 0 aromatic rings. The maximum atomic E-state index is 12.7. The highest BCUT2D eigenvalue weighted by molar-refractivity contribution is 5.69. The van der Waals surface area contributed by atoms with E-state index in [1.807, 2.05) is 14.1 Å². The highest BCUT2D eigenvalue weighted by atomic mass is 16.5. The van der Waals surface area contributed by atoms with Crippen LogP contribution < -0.4 is 0 Å². The molecule has 268 valence electrons. The van der Waals surface area contributed by atoms with Crippen LogP contribution in [0.15, 0.2) is 0 Å². The van der Waals surface area contributed by atoms with Gasteiger partial charge in [0.15, 0.2) is 0 Å². The summed E-state index contributed by atoms with van der Waals surface area (Å²) < 4.78 is 12.0. The summed E-state index contributed by atoms with van der Waals surface area (Å²) in [6.07, 6.45) is 34.5. The lowest BCUT2D eigenvalue weighted by molar-refractivity contribution is -0.151. The first kappa shape index (κ1) is 43.9. The zero-order valence-electron chi connectivity index (χ0n) is 31.2. The Morgan fingerprint density at radius 2 is 0.711 bits per heavy atom. The predicted molar refractivity (Wildman–Crippen MR) is 194 cm³/mol. The molecule has 0 aromatic carbocycles. The van der Waals surface area contributed by atoms with Gasteiger partial charge in [0.1, 0.15) is 12.2 Å². The predicted octanol–water partition coefficient (Wildman–Crippen LogP) is 12.1. The number of carbonyl (C=O) groups is 2. The fraction of sp³-hybridized carbons (Fsp3) is 0.950. The van der Waals surface area contributed by atoms with Crippen molar-refractivity contribution in [2.75, 3.05) is 20.6 Å². The average molecular weight is 638 g/mol. The minimum absolute atomic E-state index is 0.0112. The Labute approximate surface area is 281 Å². The Morgan fingerprint density at radius 3 is 1.04 bits per heavy atom. The zero-order valence-corrected chi connectivity index (χ0v) is 31.2. The van der Waals surface area contributed by atoms with E-state index in [1.165, 1.54) is 109 Å². The van der Waals surface area contributed by atoms with Gasteiger partial charge in [-0.2, -0.15) is 0 Å². The monoisotopic (exact) mass is 638 g/mol. The van der Waals surface area contributed by atoms with Gasteiger partial charge in [0.25, 0.3) is 0 Å². The summed E-state index contributed by atoms with van der Waals surface area (Å²) in [5.41, 5.74) is 0. The van der Waals surface area contributed by atoms with E-state index in [0.717, 1.165) is 77.2 Å². The van der Waals surface area contributed by atoms with Gasteiger partial charge in [0.2, 0.25) is 0 Å². The second-order valence-electron chi connectivity index (χ2n) is 14.1. The summed E-state index contributed by atoms with van der Waals surface area (Å²) in [6.45, 7) is 7.70. The molecular formula is C40H79NO4. The molecular weight excluding hydrogens is 558 g/mol. The normalized spacial score (nSPS) is 12.2. The molecule has 0 aromatic heterocycles. The summed E-state index contributed by atoms with van der Waals surface area (Å²) in [5.74, 6) is -0.0187. The van der Waals surface area contributed by atoms with Crippen LogP contribution in [0.25, 0.3) is 0 Å². The molecule has 45 heavy (non-hydrogen) atoms. The lowest BCUT2D eigenvalue weighted by Crippen LogP contribution is -2.20. The smallest absolute Gasteiger partial charge is 0.306 e. The third kappa shape index (κ3) is 32.6. The first-order chi connectivity index (χ1) is 21.9. The lowest BCUT2D eigenvalue weighted by Gasteiger charge is -2.19. The molecule has 0 radical (unpaired) electrons. The number of rotatable bonds is 35. The van der Waals surface area contributed by atoms with Crippen LogP contribution in [0.2, 0.25) is 0 Å². The molecule has 0 spiro atoms. The van der Waals surface area contributed by atoms with Gasteiger partial charge in [-0.1, -0.05) is 136 Å². The van der Waals surface area contributed by atoms with Crippen molar-refractivity contribution in [3.63, 3.8) is 0 Å². The molecule has 0 amide bonds. The summed E-state index contributed by atoms with van der Waals surface area (Å²) in [7, 11) is 4.09. The number of esters is 2. The van der Waals surface area contributed by atoms with Crippen LogP contribution in [0.3, 0.4) is 0 Å². The van der Waals surface area contributed by atoms with E-state index < -0.39 is 0 Å². The van der Waals surface area contributed by atoms with Gasteiger partial charge in [-0.05, 0) is 84.8 Å². The molecule has 0 saturated heterocycles. The minimum atomic E-state index is -0.0300. The quantitative estimate of drug-likeness (QED) is 0.0511. The lowest BCUT2D eigenvalue weighted by atomic mass is 10.0. The van der Waals surface area contributed by atoms with Crippen LogP contribution >= 0.6 is 0 Å². The SMILES string of the molecule is CCCCCCCCC(CCCCCCCC)OC(=O)CCCCCCCC(CCCCCCCC)OC(=O)CCCN(C)C. The van der Waals surface area contributed by atoms with Crippen molar-refractivity contribution in [3.8, 4) is 0 Å². The Bertz CT molecular complexity index is 622. The van der Waals surface area contributed by atoms with Crippen molar-refractivity contribution in [1.29, 1.82) is 0 Å². The first-order valence-electron chi connectivity index (χ1n) is 20.0. The number of carbonyl (C=O) groups excluding carboxylic acids is 2. The standard InChI is InChI=1S/C40H79NO4/c1-6-9-12-15-19-24-30-37(31-25-20-16-13-10-7-2)44-39(42)34-28-23-18-22-27-33-38(32-26-21-17-14-11-8-3)45-40(43)35-29-36-41(4)5/h37-38H,6-36H2,1-5H3. The fourth-order valence-corrected chi connectivity index (χ4v) is 6.18. The van der Waals surface area contributed by atoms with E-state index in [0.29, 0.717) is 12.8 Å². The number of ether oxygens (including phenoxy) is 2. The highest BCUT2D eigenvalue weighted by Gasteiger charge is 2.16. The topological polar surface area (TPSA) is 55.8 Å². The molecule has 0 heterocycles. The molecule has 0 aliphatic heterocycles. The number of hydrogen-bond acceptors (Lipinski definition) is 5. The average Bonchev–Trinajstić information content (AvgIpc) is 3.01. The third-order valence-electron chi connectivity index (χ3n) is 9.13. The van der Waals surface area contributed by atoms with Gasteiger partial charge in [-0.3, -0.25) is 9.59 Å². The Balaban J connectivity index is 4.35. The molecule has 0 saturated carbocycles. The third-order valence-corrected chi connectivity index (χ3v) is 9.13. The van der Waals surface area contributed by atoms with Gasteiger partial charge in [0.05, 0.1) is 0 Å². The van der Waals surface area contributed by atoms with Crippen LogP contribution in [-0.2, 0) is 19.1 Å². The molecule has 0 aliphatic carbocycles. The maximum Gasteiger partial charge on any atom is 0.306 e. The molecule has 0 fully saturated rings. The Morgan fingerprint density at radius 1 is 0.422 bits per heavy atom. The van der Waals surface area contributed by atoms with Crippen molar-refractivity contribution in [2.45, 2.75) is 226 Å². The second kappa shape index (κ2) is 34.2. The van der Waals surface area contributed by atoms with Crippen LogP contribution in [0, 0.1) is 0 Å². The van der Waals surface area contributed by atoms with Crippen molar-refractivity contribution < 1.29 is 19.1 Å². The van der Waals surface area contributed by atoms with E-state index in [2.05, 4.69) is 25.7 Å². The molecule has 1 unspecified atom stereocenters. The van der Waals surface area contributed by atoms with Crippen molar-refractivity contribution >= 4 is 11.9 Å². The van der Waals surface area contributed by atoms with Crippen LogP contribution in [0.1, 0.15) is 213 Å². The summed E-state index contributed by atoms with van der Waals surface area (Å²) in [4.78, 5) is 27.3. The molecule has 5 nitrogen and oxygen atoms in total. The van der Waals surface area contributed by atoms with Gasteiger partial charge in [-0.25, -0.2) is 0 Å². The number of unbranched alkanes of at least 4 members (excludes halogenated alkanes) is 19. The Kier molecular flexibility index (Phi) is 33.4. The first-order valence-corrected chi connectivity index (χ1v) is 20.0. The van der Waals surface area contributed by atoms with Gasteiger partial charge < -0.3 is 14.4 Å². The maximum absolute atomic E-state index is 12.7. The van der Waals surface area contributed by atoms with Crippen LogP contribution in [0.5, 0.6) is 0 Å². The molecule has 5 heteroatoms. The summed E-state index contributed by atoms with van der Waals surface area (Å²) >= 11 is 0. The van der Waals surface area contributed by atoms with Crippen LogP contribution in [-0.4, -0.2) is 49.7 Å². The Hall–Kier alpha value is -1.10. The van der Waals surface area contributed by atoms with Gasteiger partial charge >= 0.3 is 11.9 Å². The van der Waals surface area contributed by atoms with E-state index in [1.54, 1.807) is 0 Å². The molecule has 0 aliphatic rings.